The Labute approximate surface area is 215 Å². The summed E-state index contributed by atoms with van der Waals surface area (Å²) in [6.07, 6.45) is 1.31. The van der Waals surface area contributed by atoms with E-state index in [1.807, 2.05) is 0 Å². The van der Waals surface area contributed by atoms with Crippen LogP contribution in [0.2, 0.25) is 0 Å². The van der Waals surface area contributed by atoms with Gasteiger partial charge in [0, 0.05) is 6.07 Å². The maximum Gasteiger partial charge on any atom is 0.371 e. The number of nitrogens with zero attached hydrogens (tertiary/aromatic N) is 1. The molecule has 2 aromatic carbocycles. The third-order valence-electron chi connectivity index (χ3n) is 5.47. The first-order valence-corrected chi connectivity index (χ1v) is 11.0. The third-order valence-corrected chi connectivity index (χ3v) is 5.47. The Balaban J connectivity index is 1.60. The Kier molecular flexibility index (Phi) is 7.33. The van der Waals surface area contributed by atoms with Crippen molar-refractivity contribution >= 4 is 35.6 Å². The molecule has 3 aromatic rings. The zero-order valence-corrected chi connectivity index (χ0v) is 20.5. The van der Waals surface area contributed by atoms with Gasteiger partial charge in [-0.2, -0.15) is 0 Å². The van der Waals surface area contributed by atoms with Crippen LogP contribution in [0.25, 0.3) is 6.08 Å². The number of ether oxygens (including phenoxy) is 4. The van der Waals surface area contributed by atoms with Gasteiger partial charge in [0.2, 0.25) is 5.76 Å². The molecule has 4 rings (SSSR count). The zero-order valence-electron chi connectivity index (χ0n) is 20.5. The quantitative estimate of drug-likeness (QED) is 0.316. The summed E-state index contributed by atoms with van der Waals surface area (Å²) in [7, 11) is 4.24. The molecule has 1 aliphatic heterocycles. The normalized spacial score (nSPS) is 14.3. The Morgan fingerprint density at radius 3 is 2.37 bits per heavy atom. The van der Waals surface area contributed by atoms with Gasteiger partial charge >= 0.3 is 12.0 Å². The standard InChI is InChI=1S/C26H22N2O10/c1-34-15-5-7-18(21(12-15)35-2)28-24(30)17(23(29)27-26(28)33)10-14-4-8-19(22(11-14)36-3)37-13-16-6-9-20(38-16)25(31)32/h4-12H,13H2,1-3H3,(H,31,32)(H,27,29,33)/b17-10+. The highest BCUT2D eigenvalue weighted by Crippen LogP contribution is 2.35. The molecule has 12 nitrogen and oxygen atoms in total. The minimum absolute atomic E-state index is 0.0638. The molecular formula is C26H22N2O10. The number of methoxy groups -OCH3 is 3. The molecule has 1 saturated heterocycles. The van der Waals surface area contributed by atoms with Gasteiger partial charge in [0.25, 0.3) is 11.8 Å². The van der Waals surface area contributed by atoms with Gasteiger partial charge in [-0.15, -0.1) is 0 Å². The van der Waals surface area contributed by atoms with Gasteiger partial charge in [0.15, 0.2) is 11.5 Å². The van der Waals surface area contributed by atoms with Gasteiger partial charge < -0.3 is 28.5 Å². The predicted octanol–water partition coefficient (Wildman–Crippen LogP) is 3.25. The molecule has 2 heterocycles. The zero-order chi connectivity index (χ0) is 27.4. The monoisotopic (exact) mass is 522 g/mol. The number of carbonyl (C=O) groups is 4. The summed E-state index contributed by atoms with van der Waals surface area (Å²) in [6, 6.07) is 11.0. The number of urea groups is 1. The molecule has 0 aliphatic carbocycles. The van der Waals surface area contributed by atoms with Crippen LogP contribution in [-0.2, 0) is 16.2 Å². The average Bonchev–Trinajstić information content (AvgIpc) is 3.39. The molecule has 196 valence electrons. The lowest BCUT2D eigenvalue weighted by molar-refractivity contribution is -0.122. The Morgan fingerprint density at radius 2 is 1.71 bits per heavy atom. The summed E-state index contributed by atoms with van der Waals surface area (Å²) in [4.78, 5) is 50.2. The second kappa shape index (κ2) is 10.8. The molecular weight excluding hydrogens is 500 g/mol. The van der Waals surface area contributed by atoms with E-state index in [2.05, 4.69) is 5.32 Å². The van der Waals surface area contributed by atoms with Crippen LogP contribution in [0.15, 0.2) is 58.5 Å². The predicted molar refractivity (Wildman–Crippen MR) is 132 cm³/mol. The molecule has 12 heteroatoms. The van der Waals surface area contributed by atoms with Crippen LogP contribution in [-0.4, -0.2) is 50.3 Å². The lowest BCUT2D eigenvalue weighted by atomic mass is 10.1. The molecule has 1 aromatic heterocycles. The number of amides is 4. The van der Waals surface area contributed by atoms with Crippen molar-refractivity contribution in [2.45, 2.75) is 6.61 Å². The van der Waals surface area contributed by atoms with E-state index in [4.69, 9.17) is 28.5 Å². The maximum atomic E-state index is 13.3. The largest absolute Gasteiger partial charge is 0.497 e. The number of hydrogen-bond acceptors (Lipinski definition) is 9. The van der Waals surface area contributed by atoms with Crippen LogP contribution in [0, 0.1) is 0 Å². The summed E-state index contributed by atoms with van der Waals surface area (Å²) >= 11 is 0. The highest BCUT2D eigenvalue weighted by molar-refractivity contribution is 6.39. The third kappa shape index (κ3) is 5.14. The van der Waals surface area contributed by atoms with Crippen molar-refractivity contribution in [3.63, 3.8) is 0 Å². The van der Waals surface area contributed by atoms with Crippen LogP contribution in [0.5, 0.6) is 23.0 Å². The van der Waals surface area contributed by atoms with E-state index in [1.165, 1.54) is 57.7 Å². The highest BCUT2D eigenvalue weighted by Gasteiger charge is 2.38. The number of rotatable bonds is 9. The Bertz CT molecular complexity index is 1460. The molecule has 38 heavy (non-hydrogen) atoms. The lowest BCUT2D eigenvalue weighted by Gasteiger charge is -2.27. The number of anilines is 1. The SMILES string of the molecule is COc1ccc(N2C(=O)NC(=O)/C(=C\c3ccc(OCc4ccc(C(=O)O)o4)c(OC)c3)C2=O)c(OC)c1. The van der Waals surface area contributed by atoms with Crippen LogP contribution < -0.4 is 29.2 Å². The number of barbiturate groups is 1. The molecule has 0 saturated carbocycles. The molecule has 0 unspecified atom stereocenters. The number of hydrogen-bond donors (Lipinski definition) is 2. The fraction of sp³-hybridized carbons (Fsp3) is 0.154. The van der Waals surface area contributed by atoms with Gasteiger partial charge in [-0.1, -0.05) is 6.07 Å². The van der Waals surface area contributed by atoms with Gasteiger partial charge in [0.05, 0.1) is 27.0 Å². The first-order chi connectivity index (χ1) is 18.2. The molecule has 1 aliphatic rings. The summed E-state index contributed by atoms with van der Waals surface area (Å²) in [5.41, 5.74) is 0.240. The van der Waals surface area contributed by atoms with Crippen molar-refractivity contribution in [2.75, 3.05) is 26.2 Å². The van der Waals surface area contributed by atoms with E-state index >= 15 is 0 Å². The number of carbonyl (C=O) groups excluding carboxylic acids is 3. The van der Waals surface area contributed by atoms with Crippen LogP contribution >= 0.6 is 0 Å². The second-order valence-electron chi connectivity index (χ2n) is 7.77. The van der Waals surface area contributed by atoms with Crippen LogP contribution in [0.3, 0.4) is 0 Å². The molecule has 0 spiro atoms. The minimum Gasteiger partial charge on any atom is -0.497 e. The number of imide groups is 2. The number of furan rings is 1. The smallest absolute Gasteiger partial charge is 0.371 e. The molecule has 0 radical (unpaired) electrons. The van der Waals surface area contributed by atoms with E-state index in [0.717, 1.165) is 4.90 Å². The molecule has 0 bridgehead atoms. The van der Waals surface area contributed by atoms with Crippen LogP contribution in [0.1, 0.15) is 21.9 Å². The van der Waals surface area contributed by atoms with E-state index in [-0.39, 0.29) is 35.1 Å². The van der Waals surface area contributed by atoms with Crippen molar-refractivity contribution < 1.29 is 47.6 Å². The lowest BCUT2D eigenvalue weighted by Crippen LogP contribution is -2.54. The second-order valence-corrected chi connectivity index (χ2v) is 7.77. The molecule has 4 amide bonds. The van der Waals surface area contributed by atoms with Crippen LogP contribution in [0.4, 0.5) is 10.5 Å². The van der Waals surface area contributed by atoms with E-state index in [9.17, 15) is 19.2 Å². The number of carboxylic acids is 1. The fourth-order valence-corrected chi connectivity index (χ4v) is 3.63. The molecule has 2 N–H and O–H groups in total. The first kappa shape index (κ1) is 25.8. The number of benzene rings is 2. The topological polar surface area (TPSA) is 154 Å². The van der Waals surface area contributed by atoms with Gasteiger partial charge in [-0.3, -0.25) is 14.9 Å². The molecule has 0 atom stereocenters. The maximum absolute atomic E-state index is 13.3. The first-order valence-electron chi connectivity index (χ1n) is 11.0. The van der Waals surface area contributed by atoms with Crippen molar-refractivity contribution in [3.05, 3.63) is 71.2 Å². The van der Waals surface area contributed by atoms with Crippen molar-refractivity contribution in [1.29, 1.82) is 0 Å². The van der Waals surface area contributed by atoms with E-state index < -0.39 is 23.8 Å². The van der Waals surface area contributed by atoms with Crippen molar-refractivity contribution in [1.82, 2.24) is 5.32 Å². The molecule has 1 fully saturated rings. The number of aromatic carboxylic acids is 1. The van der Waals surface area contributed by atoms with Crippen molar-refractivity contribution in [3.8, 4) is 23.0 Å². The summed E-state index contributed by atoms with van der Waals surface area (Å²) < 4.78 is 26.7. The fourth-order valence-electron chi connectivity index (χ4n) is 3.63. The van der Waals surface area contributed by atoms with Gasteiger partial charge in [-0.05, 0) is 48.0 Å². The minimum atomic E-state index is -1.20. The van der Waals surface area contributed by atoms with Gasteiger partial charge in [0.1, 0.15) is 29.4 Å². The van der Waals surface area contributed by atoms with Crippen molar-refractivity contribution in [2.24, 2.45) is 0 Å². The Hall–Kier alpha value is -5.26. The summed E-state index contributed by atoms with van der Waals surface area (Å²) in [5.74, 6) is -1.61. The average molecular weight is 522 g/mol. The highest BCUT2D eigenvalue weighted by atomic mass is 16.5. The van der Waals surface area contributed by atoms with E-state index in [0.29, 0.717) is 22.8 Å². The number of nitrogens with one attached hydrogen (secondary N) is 1. The number of carboxylic acid groups (broad SMARTS) is 1. The van der Waals surface area contributed by atoms with E-state index in [1.54, 1.807) is 18.2 Å². The van der Waals surface area contributed by atoms with Gasteiger partial charge in [-0.25, -0.2) is 14.5 Å². The summed E-state index contributed by atoms with van der Waals surface area (Å²) in [5, 5.41) is 11.1. The Morgan fingerprint density at radius 1 is 0.947 bits per heavy atom. The summed E-state index contributed by atoms with van der Waals surface area (Å²) in [6.45, 7) is -0.0638.